The summed E-state index contributed by atoms with van der Waals surface area (Å²) in [6, 6.07) is 5.42. The van der Waals surface area contributed by atoms with E-state index in [0.29, 0.717) is 6.04 Å². The fraction of sp³-hybridized carbons (Fsp3) is 0.667. The molecular weight excluding hydrogens is 222 g/mol. The Morgan fingerprint density at radius 3 is 2.56 bits per heavy atom. The molecule has 0 saturated heterocycles. The van der Waals surface area contributed by atoms with Gasteiger partial charge in [-0.15, -0.1) is 0 Å². The molecule has 0 amide bonds. The second-order valence-corrected chi connectivity index (χ2v) is 5.33. The number of rotatable bonds is 5. The Bertz CT molecular complexity index is 333. The zero-order valence-electron chi connectivity index (χ0n) is 11.4. The largest absolute Gasteiger partial charge is 0.330 e. The minimum atomic E-state index is 0.445. The van der Waals surface area contributed by atoms with Crippen LogP contribution >= 0.6 is 0 Å². The highest BCUT2D eigenvalue weighted by atomic mass is 15.2. The summed E-state index contributed by atoms with van der Waals surface area (Å²) in [4.78, 5) is 6.65. The summed E-state index contributed by atoms with van der Waals surface area (Å²) in [7, 11) is 2.26. The molecule has 2 N–H and O–H groups in total. The molecule has 3 heteroatoms. The van der Waals surface area contributed by atoms with Crippen molar-refractivity contribution in [3.8, 4) is 0 Å². The second-order valence-electron chi connectivity index (χ2n) is 5.33. The van der Waals surface area contributed by atoms with Gasteiger partial charge < -0.3 is 5.73 Å². The Balaban J connectivity index is 2.08. The van der Waals surface area contributed by atoms with E-state index in [-0.39, 0.29) is 0 Å². The maximum atomic E-state index is 5.79. The van der Waals surface area contributed by atoms with Crippen molar-refractivity contribution < 1.29 is 0 Å². The van der Waals surface area contributed by atoms with Crippen molar-refractivity contribution in [2.24, 2.45) is 5.73 Å². The first-order chi connectivity index (χ1) is 8.83. The van der Waals surface area contributed by atoms with E-state index in [1.54, 1.807) is 0 Å². The van der Waals surface area contributed by atoms with Crippen molar-refractivity contribution in [1.82, 2.24) is 9.88 Å². The summed E-state index contributed by atoms with van der Waals surface area (Å²) in [6.07, 6.45) is 11.6. The lowest BCUT2D eigenvalue weighted by Crippen LogP contribution is -2.37. The second kappa shape index (κ2) is 6.86. The van der Waals surface area contributed by atoms with Gasteiger partial charge in [-0.2, -0.15) is 0 Å². The molecule has 1 saturated carbocycles. The summed E-state index contributed by atoms with van der Waals surface area (Å²) < 4.78 is 0. The Hall–Kier alpha value is -0.930. The van der Waals surface area contributed by atoms with Crippen molar-refractivity contribution in [3.63, 3.8) is 0 Å². The van der Waals surface area contributed by atoms with E-state index in [2.05, 4.69) is 29.1 Å². The van der Waals surface area contributed by atoms with Crippen molar-refractivity contribution in [2.45, 2.75) is 50.6 Å². The summed E-state index contributed by atoms with van der Waals surface area (Å²) in [5.41, 5.74) is 7.14. The molecule has 1 aliphatic rings. The Kier molecular flexibility index (Phi) is 5.14. The maximum absolute atomic E-state index is 5.79. The van der Waals surface area contributed by atoms with Gasteiger partial charge in [-0.25, -0.2) is 0 Å². The zero-order chi connectivity index (χ0) is 12.8. The summed E-state index contributed by atoms with van der Waals surface area (Å²) in [5.74, 6) is 0. The average molecular weight is 247 g/mol. The zero-order valence-corrected chi connectivity index (χ0v) is 11.4. The van der Waals surface area contributed by atoms with Gasteiger partial charge >= 0.3 is 0 Å². The van der Waals surface area contributed by atoms with E-state index < -0.39 is 0 Å². The van der Waals surface area contributed by atoms with E-state index in [4.69, 9.17) is 5.73 Å². The quantitative estimate of drug-likeness (QED) is 0.870. The maximum Gasteiger partial charge on any atom is 0.0361 e. The molecular formula is C15H25N3. The van der Waals surface area contributed by atoms with Crippen LogP contribution in [0.2, 0.25) is 0 Å². The minimum Gasteiger partial charge on any atom is -0.330 e. The molecule has 1 aromatic heterocycles. The standard InChI is InChI=1S/C15H25N3/c1-18(14-5-3-2-4-6-14)15(7-10-16)13-8-11-17-12-9-13/h8-9,11-12,14-15H,2-7,10,16H2,1H3. The van der Waals surface area contributed by atoms with Crippen LogP contribution in [-0.2, 0) is 0 Å². The van der Waals surface area contributed by atoms with Gasteiger partial charge in [0, 0.05) is 24.5 Å². The molecule has 1 aromatic rings. The van der Waals surface area contributed by atoms with Gasteiger partial charge in [-0.3, -0.25) is 9.88 Å². The topological polar surface area (TPSA) is 42.1 Å². The van der Waals surface area contributed by atoms with Crippen LogP contribution in [0.1, 0.15) is 50.1 Å². The molecule has 1 aliphatic carbocycles. The molecule has 100 valence electrons. The molecule has 0 aliphatic heterocycles. The van der Waals surface area contributed by atoms with E-state index in [9.17, 15) is 0 Å². The Labute approximate surface area is 110 Å². The van der Waals surface area contributed by atoms with Gasteiger partial charge in [0.15, 0.2) is 0 Å². The third-order valence-electron chi connectivity index (χ3n) is 4.17. The molecule has 0 radical (unpaired) electrons. The molecule has 0 bridgehead atoms. The molecule has 3 nitrogen and oxygen atoms in total. The van der Waals surface area contributed by atoms with Crippen LogP contribution in [0, 0.1) is 0 Å². The number of pyridine rings is 1. The first kappa shape index (κ1) is 13.5. The normalized spacial score (nSPS) is 19.1. The van der Waals surface area contributed by atoms with Crippen molar-refractivity contribution >= 4 is 0 Å². The summed E-state index contributed by atoms with van der Waals surface area (Å²) >= 11 is 0. The van der Waals surface area contributed by atoms with Gasteiger partial charge in [0.05, 0.1) is 0 Å². The molecule has 1 unspecified atom stereocenters. The van der Waals surface area contributed by atoms with Gasteiger partial charge in [0.25, 0.3) is 0 Å². The van der Waals surface area contributed by atoms with E-state index in [0.717, 1.165) is 19.0 Å². The average Bonchev–Trinajstić information content (AvgIpc) is 2.46. The fourth-order valence-electron chi connectivity index (χ4n) is 3.09. The lowest BCUT2D eigenvalue weighted by atomic mass is 9.92. The van der Waals surface area contributed by atoms with Crippen LogP contribution in [0.25, 0.3) is 0 Å². The number of nitrogens with zero attached hydrogens (tertiary/aromatic N) is 2. The van der Waals surface area contributed by atoms with Crippen molar-refractivity contribution in [3.05, 3.63) is 30.1 Å². The molecule has 1 heterocycles. The SMILES string of the molecule is CN(C1CCCCC1)C(CCN)c1ccncc1. The molecule has 0 spiro atoms. The number of hydrogen-bond donors (Lipinski definition) is 1. The Morgan fingerprint density at radius 2 is 1.94 bits per heavy atom. The highest BCUT2D eigenvalue weighted by molar-refractivity contribution is 5.15. The predicted molar refractivity (Wildman–Crippen MR) is 75.3 cm³/mol. The highest BCUT2D eigenvalue weighted by Gasteiger charge is 2.24. The molecule has 18 heavy (non-hydrogen) atoms. The monoisotopic (exact) mass is 247 g/mol. The van der Waals surface area contributed by atoms with E-state index >= 15 is 0 Å². The third-order valence-corrected chi connectivity index (χ3v) is 4.17. The number of hydrogen-bond acceptors (Lipinski definition) is 3. The first-order valence-corrected chi connectivity index (χ1v) is 7.15. The van der Waals surface area contributed by atoms with Crippen molar-refractivity contribution in [1.29, 1.82) is 0 Å². The molecule has 1 fully saturated rings. The summed E-state index contributed by atoms with van der Waals surface area (Å²) in [6.45, 7) is 0.740. The van der Waals surface area contributed by atoms with Gasteiger partial charge in [-0.05, 0) is 50.6 Å². The lowest BCUT2D eigenvalue weighted by Gasteiger charge is -2.37. The number of aromatic nitrogens is 1. The highest BCUT2D eigenvalue weighted by Crippen LogP contribution is 2.30. The molecule has 1 atom stereocenters. The predicted octanol–water partition coefficient (Wildman–Crippen LogP) is 2.74. The van der Waals surface area contributed by atoms with E-state index in [1.807, 2.05) is 12.4 Å². The van der Waals surface area contributed by atoms with Gasteiger partial charge in [0.1, 0.15) is 0 Å². The van der Waals surface area contributed by atoms with Gasteiger partial charge in [-0.1, -0.05) is 19.3 Å². The third kappa shape index (κ3) is 3.30. The fourth-order valence-corrected chi connectivity index (χ4v) is 3.09. The molecule has 2 rings (SSSR count). The van der Waals surface area contributed by atoms with Crippen LogP contribution in [0.4, 0.5) is 0 Å². The van der Waals surface area contributed by atoms with Crippen LogP contribution in [-0.4, -0.2) is 29.5 Å². The molecule has 0 aromatic carbocycles. The van der Waals surface area contributed by atoms with Crippen LogP contribution in [0.3, 0.4) is 0 Å². The van der Waals surface area contributed by atoms with E-state index in [1.165, 1.54) is 37.7 Å². The minimum absolute atomic E-state index is 0.445. The van der Waals surface area contributed by atoms with Crippen LogP contribution in [0.15, 0.2) is 24.5 Å². The Morgan fingerprint density at radius 1 is 1.28 bits per heavy atom. The van der Waals surface area contributed by atoms with Crippen molar-refractivity contribution in [2.75, 3.05) is 13.6 Å². The van der Waals surface area contributed by atoms with Gasteiger partial charge in [0.2, 0.25) is 0 Å². The summed E-state index contributed by atoms with van der Waals surface area (Å²) in [5, 5.41) is 0. The smallest absolute Gasteiger partial charge is 0.0361 e. The first-order valence-electron chi connectivity index (χ1n) is 7.15. The number of nitrogens with two attached hydrogens (primary N) is 1. The van der Waals surface area contributed by atoms with Crippen LogP contribution in [0.5, 0.6) is 0 Å². The lowest BCUT2D eigenvalue weighted by molar-refractivity contribution is 0.132. The van der Waals surface area contributed by atoms with Crippen LogP contribution < -0.4 is 5.73 Å².